The van der Waals surface area contributed by atoms with Crippen LogP contribution in [0.15, 0.2) is 54.7 Å². The first-order chi connectivity index (χ1) is 10.8. The van der Waals surface area contributed by atoms with Gasteiger partial charge in [-0.15, -0.1) is 5.10 Å². The van der Waals surface area contributed by atoms with Gasteiger partial charge in [0.15, 0.2) is 0 Å². The van der Waals surface area contributed by atoms with Crippen LogP contribution in [0.25, 0.3) is 11.3 Å². The lowest BCUT2D eigenvalue weighted by molar-refractivity contribution is 0.394. The van der Waals surface area contributed by atoms with Crippen LogP contribution in [0, 0.1) is 0 Å². The van der Waals surface area contributed by atoms with Crippen molar-refractivity contribution in [3.8, 4) is 22.8 Å². The summed E-state index contributed by atoms with van der Waals surface area (Å²) in [6, 6.07) is 15.8. The van der Waals surface area contributed by atoms with E-state index < -0.39 is 0 Å². The number of methoxy groups -OCH3 is 2. The number of benzene rings is 2. The Morgan fingerprint density at radius 1 is 0.955 bits per heavy atom. The predicted molar refractivity (Wildman–Crippen MR) is 84.1 cm³/mol. The van der Waals surface area contributed by atoms with E-state index in [0.717, 1.165) is 22.8 Å². The molecule has 3 rings (SSSR count). The zero-order valence-electron chi connectivity index (χ0n) is 12.6. The van der Waals surface area contributed by atoms with E-state index in [1.54, 1.807) is 14.2 Å². The van der Waals surface area contributed by atoms with Crippen molar-refractivity contribution in [1.29, 1.82) is 0 Å². The van der Waals surface area contributed by atoms with Crippen molar-refractivity contribution < 1.29 is 9.47 Å². The number of aromatic nitrogens is 3. The molecule has 0 fully saturated rings. The molecule has 0 radical (unpaired) electrons. The smallest absolute Gasteiger partial charge is 0.123 e. The lowest BCUT2D eigenvalue weighted by atomic mass is 10.1. The van der Waals surface area contributed by atoms with Crippen molar-refractivity contribution in [2.75, 3.05) is 14.2 Å². The quantitative estimate of drug-likeness (QED) is 0.726. The molecule has 0 bridgehead atoms. The first-order valence-electron chi connectivity index (χ1n) is 6.96. The largest absolute Gasteiger partial charge is 0.497 e. The van der Waals surface area contributed by atoms with Gasteiger partial charge in [0.25, 0.3) is 0 Å². The fourth-order valence-corrected chi connectivity index (χ4v) is 2.23. The highest BCUT2D eigenvalue weighted by Gasteiger charge is 2.08. The highest BCUT2D eigenvalue weighted by atomic mass is 16.5. The molecule has 0 saturated carbocycles. The summed E-state index contributed by atoms with van der Waals surface area (Å²) in [6.07, 6.45) is 1.92. The number of hydrogen-bond acceptors (Lipinski definition) is 4. The van der Waals surface area contributed by atoms with Gasteiger partial charge in [-0.05, 0) is 17.7 Å². The third-order valence-corrected chi connectivity index (χ3v) is 3.37. The Balaban J connectivity index is 1.87. The van der Waals surface area contributed by atoms with Crippen LogP contribution in [0.1, 0.15) is 5.56 Å². The summed E-state index contributed by atoms with van der Waals surface area (Å²) in [6.45, 7) is 0.689. The van der Waals surface area contributed by atoms with E-state index in [1.807, 2.05) is 47.3 Å². The van der Waals surface area contributed by atoms with Crippen LogP contribution in [-0.2, 0) is 6.54 Å². The lowest BCUT2D eigenvalue weighted by Gasteiger charge is -2.06. The van der Waals surface area contributed by atoms with Crippen LogP contribution in [0.2, 0.25) is 0 Å². The minimum atomic E-state index is 0.689. The summed E-state index contributed by atoms with van der Waals surface area (Å²) in [5.74, 6) is 1.46. The number of rotatable bonds is 5. The van der Waals surface area contributed by atoms with Crippen molar-refractivity contribution in [3.63, 3.8) is 0 Å². The number of ether oxygens (including phenoxy) is 2. The Morgan fingerprint density at radius 2 is 1.64 bits per heavy atom. The molecule has 2 aromatic carbocycles. The van der Waals surface area contributed by atoms with E-state index in [1.165, 1.54) is 5.56 Å². The molecule has 3 aromatic rings. The summed E-state index contributed by atoms with van der Waals surface area (Å²) < 4.78 is 12.4. The zero-order valence-corrected chi connectivity index (χ0v) is 12.6. The summed E-state index contributed by atoms with van der Waals surface area (Å²) in [7, 11) is 3.26. The Hall–Kier alpha value is -2.82. The van der Waals surface area contributed by atoms with Gasteiger partial charge in [-0.25, -0.2) is 4.68 Å². The minimum Gasteiger partial charge on any atom is -0.497 e. The van der Waals surface area contributed by atoms with Crippen LogP contribution >= 0.6 is 0 Å². The maximum Gasteiger partial charge on any atom is 0.123 e. The highest BCUT2D eigenvalue weighted by molar-refractivity contribution is 5.63. The van der Waals surface area contributed by atoms with Crippen molar-refractivity contribution in [1.82, 2.24) is 15.0 Å². The number of hydrogen-bond donors (Lipinski definition) is 0. The van der Waals surface area contributed by atoms with Gasteiger partial charge in [0.2, 0.25) is 0 Å². The van der Waals surface area contributed by atoms with Crippen LogP contribution < -0.4 is 9.47 Å². The Morgan fingerprint density at radius 3 is 2.27 bits per heavy atom. The van der Waals surface area contributed by atoms with Gasteiger partial charge < -0.3 is 9.47 Å². The Bertz CT molecular complexity index is 731. The zero-order chi connectivity index (χ0) is 15.4. The molecule has 0 aliphatic carbocycles. The normalized spacial score (nSPS) is 10.5. The summed E-state index contributed by atoms with van der Waals surface area (Å²) in [5.41, 5.74) is 2.88. The highest BCUT2D eigenvalue weighted by Crippen LogP contribution is 2.28. The molecule has 22 heavy (non-hydrogen) atoms. The average molecular weight is 295 g/mol. The average Bonchev–Trinajstić information content (AvgIpc) is 3.03. The molecule has 0 N–H and O–H groups in total. The standard InChI is InChI=1S/C17H17N3O2/c1-21-15-8-14(9-16(10-15)22-2)17-12-20(19-18-17)11-13-6-4-3-5-7-13/h3-10,12H,11H2,1-2H3. The van der Waals surface area contributed by atoms with E-state index in [4.69, 9.17) is 9.47 Å². The second-order valence-electron chi connectivity index (χ2n) is 4.89. The molecular formula is C17H17N3O2. The van der Waals surface area contributed by atoms with Gasteiger partial charge >= 0.3 is 0 Å². The van der Waals surface area contributed by atoms with Gasteiger partial charge in [0.05, 0.1) is 27.0 Å². The second-order valence-corrected chi connectivity index (χ2v) is 4.89. The Labute approximate surface area is 129 Å². The van der Waals surface area contributed by atoms with Crippen LogP contribution in [0.4, 0.5) is 0 Å². The fraction of sp³-hybridized carbons (Fsp3) is 0.176. The molecule has 112 valence electrons. The van der Waals surface area contributed by atoms with E-state index in [9.17, 15) is 0 Å². The second kappa shape index (κ2) is 6.30. The molecule has 0 spiro atoms. The summed E-state index contributed by atoms with van der Waals surface area (Å²) in [4.78, 5) is 0. The lowest BCUT2D eigenvalue weighted by Crippen LogP contribution is -1.99. The van der Waals surface area contributed by atoms with E-state index in [2.05, 4.69) is 22.4 Å². The monoisotopic (exact) mass is 295 g/mol. The molecule has 0 saturated heterocycles. The first kappa shape index (κ1) is 14.1. The minimum absolute atomic E-state index is 0.689. The van der Waals surface area contributed by atoms with E-state index in [0.29, 0.717) is 6.54 Å². The van der Waals surface area contributed by atoms with Crippen molar-refractivity contribution in [3.05, 3.63) is 60.3 Å². The number of nitrogens with zero attached hydrogens (tertiary/aromatic N) is 3. The molecule has 0 aliphatic heterocycles. The maximum atomic E-state index is 5.29. The molecule has 1 aromatic heterocycles. The molecule has 1 heterocycles. The van der Waals surface area contributed by atoms with E-state index in [-0.39, 0.29) is 0 Å². The molecule has 0 amide bonds. The third kappa shape index (κ3) is 3.09. The molecule has 5 heteroatoms. The van der Waals surface area contributed by atoms with Crippen molar-refractivity contribution in [2.24, 2.45) is 0 Å². The predicted octanol–water partition coefficient (Wildman–Crippen LogP) is 3.01. The van der Waals surface area contributed by atoms with Crippen LogP contribution in [0.5, 0.6) is 11.5 Å². The first-order valence-corrected chi connectivity index (χ1v) is 6.96. The summed E-state index contributed by atoms with van der Waals surface area (Å²) in [5, 5.41) is 8.42. The SMILES string of the molecule is COc1cc(OC)cc(-c2cn(Cc3ccccc3)nn2)c1. The molecule has 0 aliphatic rings. The van der Waals surface area contributed by atoms with Crippen LogP contribution in [-0.4, -0.2) is 29.2 Å². The molecule has 5 nitrogen and oxygen atoms in total. The third-order valence-electron chi connectivity index (χ3n) is 3.37. The molecular weight excluding hydrogens is 278 g/mol. The van der Waals surface area contributed by atoms with E-state index >= 15 is 0 Å². The maximum absolute atomic E-state index is 5.29. The van der Waals surface area contributed by atoms with Crippen molar-refractivity contribution in [2.45, 2.75) is 6.54 Å². The van der Waals surface area contributed by atoms with Gasteiger partial charge in [0, 0.05) is 11.6 Å². The topological polar surface area (TPSA) is 49.2 Å². The Kier molecular flexibility index (Phi) is 4.05. The van der Waals surface area contributed by atoms with Crippen LogP contribution in [0.3, 0.4) is 0 Å². The fourth-order valence-electron chi connectivity index (χ4n) is 2.23. The molecule has 0 atom stereocenters. The van der Waals surface area contributed by atoms with Gasteiger partial charge in [-0.2, -0.15) is 0 Å². The van der Waals surface area contributed by atoms with Gasteiger partial charge in [0.1, 0.15) is 17.2 Å². The molecule has 0 unspecified atom stereocenters. The van der Waals surface area contributed by atoms with Gasteiger partial charge in [-0.1, -0.05) is 35.5 Å². The van der Waals surface area contributed by atoms with Gasteiger partial charge in [-0.3, -0.25) is 0 Å². The summed E-state index contributed by atoms with van der Waals surface area (Å²) >= 11 is 0. The van der Waals surface area contributed by atoms with Crippen molar-refractivity contribution >= 4 is 0 Å².